The summed E-state index contributed by atoms with van der Waals surface area (Å²) in [5.74, 6) is 0. The van der Waals surface area contributed by atoms with Crippen LogP contribution >= 0.6 is 38.6 Å². The normalized spacial score (nSPS) is 11.0. The molecule has 0 aliphatic heterocycles. The van der Waals surface area contributed by atoms with E-state index in [0.29, 0.717) is 0 Å². The highest BCUT2D eigenvalue weighted by molar-refractivity contribution is 9.10. The van der Waals surface area contributed by atoms with E-state index in [2.05, 4.69) is 51.5 Å². The smallest absolute Gasteiger partial charge is 0.133 e. The van der Waals surface area contributed by atoms with Crippen molar-refractivity contribution in [3.05, 3.63) is 26.5 Å². The Morgan fingerprint density at radius 3 is 2.94 bits per heavy atom. The quantitative estimate of drug-likeness (QED) is 0.819. The van der Waals surface area contributed by atoms with Crippen LogP contribution in [0.3, 0.4) is 0 Å². The summed E-state index contributed by atoms with van der Waals surface area (Å²) in [7, 11) is 0. The van der Waals surface area contributed by atoms with Gasteiger partial charge in [-0.1, -0.05) is 6.92 Å². The highest BCUT2D eigenvalue weighted by Gasteiger charge is 2.09. The average molecular weight is 331 g/mol. The molecule has 0 saturated carbocycles. The lowest BCUT2D eigenvalue weighted by Gasteiger charge is -1.97. The second kappa shape index (κ2) is 6.09. The van der Waals surface area contributed by atoms with Crippen molar-refractivity contribution in [1.29, 1.82) is 0 Å². The van der Waals surface area contributed by atoms with Crippen LogP contribution in [0.4, 0.5) is 0 Å². The number of hydrogen-bond acceptors (Lipinski definition) is 4. The summed E-state index contributed by atoms with van der Waals surface area (Å²) in [5, 5.41) is 6.63. The average Bonchev–Trinajstić information content (AvgIpc) is 2.88. The maximum Gasteiger partial charge on any atom is 0.133 e. The fourth-order valence-corrected chi connectivity index (χ4v) is 3.88. The topological polar surface area (TPSA) is 24.9 Å². The molecule has 92 valence electrons. The third-order valence-electron chi connectivity index (χ3n) is 2.35. The molecular formula is C12H15BrN2S2. The predicted octanol–water partition coefficient (Wildman–Crippen LogP) is 4.44. The van der Waals surface area contributed by atoms with Gasteiger partial charge in [-0.25, -0.2) is 4.98 Å². The number of halogens is 1. The van der Waals surface area contributed by atoms with Crippen molar-refractivity contribution in [1.82, 2.24) is 10.3 Å². The fraction of sp³-hybridized carbons (Fsp3) is 0.417. The Labute approximate surface area is 118 Å². The van der Waals surface area contributed by atoms with Crippen LogP contribution in [-0.4, -0.2) is 11.5 Å². The highest BCUT2D eigenvalue weighted by Crippen LogP contribution is 2.35. The van der Waals surface area contributed by atoms with E-state index in [0.717, 1.165) is 30.2 Å². The molecule has 0 atom stereocenters. The molecule has 2 aromatic rings. The number of thiophene rings is 1. The van der Waals surface area contributed by atoms with E-state index in [4.69, 9.17) is 0 Å². The van der Waals surface area contributed by atoms with E-state index in [1.165, 1.54) is 14.2 Å². The Hall–Kier alpha value is -0.230. The van der Waals surface area contributed by atoms with Gasteiger partial charge in [0.05, 0.1) is 10.6 Å². The molecule has 0 radical (unpaired) electrons. The van der Waals surface area contributed by atoms with Gasteiger partial charge in [-0.2, -0.15) is 0 Å². The highest BCUT2D eigenvalue weighted by atomic mass is 79.9. The van der Waals surface area contributed by atoms with Crippen LogP contribution in [0, 0.1) is 6.92 Å². The Balaban J connectivity index is 2.07. The van der Waals surface area contributed by atoms with Crippen LogP contribution in [0.1, 0.15) is 23.9 Å². The van der Waals surface area contributed by atoms with Gasteiger partial charge in [0.2, 0.25) is 0 Å². The van der Waals surface area contributed by atoms with E-state index in [1.54, 1.807) is 22.7 Å². The number of aryl methyl sites for hydroxylation is 1. The maximum absolute atomic E-state index is 4.65. The van der Waals surface area contributed by atoms with Gasteiger partial charge in [0.25, 0.3) is 0 Å². The molecule has 0 saturated heterocycles. The molecule has 0 amide bonds. The van der Waals surface area contributed by atoms with Gasteiger partial charge in [0, 0.05) is 21.3 Å². The molecule has 0 aromatic carbocycles. The van der Waals surface area contributed by atoms with Crippen molar-refractivity contribution in [2.75, 3.05) is 6.54 Å². The van der Waals surface area contributed by atoms with E-state index in [1.807, 2.05) is 0 Å². The van der Waals surface area contributed by atoms with Crippen LogP contribution in [0.2, 0.25) is 0 Å². The van der Waals surface area contributed by atoms with E-state index < -0.39 is 0 Å². The second-order valence-corrected chi connectivity index (χ2v) is 6.80. The zero-order valence-electron chi connectivity index (χ0n) is 9.92. The standard InChI is InChI=1S/C12H15BrN2S2/c1-3-4-14-6-9-7-16-12(15-9)11-5-10(13)8(2)17-11/h5,7,14H,3-4,6H2,1-2H3. The van der Waals surface area contributed by atoms with E-state index >= 15 is 0 Å². The molecule has 5 heteroatoms. The van der Waals surface area contributed by atoms with E-state index in [-0.39, 0.29) is 0 Å². The second-order valence-electron chi connectivity index (χ2n) is 3.84. The van der Waals surface area contributed by atoms with Crippen molar-refractivity contribution in [3.8, 4) is 9.88 Å². The number of aromatic nitrogens is 1. The zero-order chi connectivity index (χ0) is 12.3. The van der Waals surface area contributed by atoms with Gasteiger partial charge in [0.1, 0.15) is 5.01 Å². The van der Waals surface area contributed by atoms with Crippen LogP contribution in [0.15, 0.2) is 15.9 Å². The Morgan fingerprint density at radius 2 is 2.29 bits per heavy atom. The number of hydrogen-bond donors (Lipinski definition) is 1. The monoisotopic (exact) mass is 330 g/mol. The summed E-state index contributed by atoms with van der Waals surface area (Å²) in [4.78, 5) is 7.21. The number of nitrogens with zero attached hydrogens (tertiary/aromatic N) is 1. The molecule has 0 aliphatic carbocycles. The van der Waals surface area contributed by atoms with Gasteiger partial charge >= 0.3 is 0 Å². The first-order valence-electron chi connectivity index (χ1n) is 5.62. The van der Waals surface area contributed by atoms with Crippen molar-refractivity contribution in [2.24, 2.45) is 0 Å². The summed E-state index contributed by atoms with van der Waals surface area (Å²) >= 11 is 7.06. The first kappa shape index (κ1) is 13.2. The van der Waals surface area contributed by atoms with Crippen LogP contribution < -0.4 is 5.32 Å². The largest absolute Gasteiger partial charge is 0.311 e. The Morgan fingerprint density at radius 1 is 1.47 bits per heavy atom. The van der Waals surface area contributed by atoms with Gasteiger partial charge in [-0.3, -0.25) is 0 Å². The first-order chi connectivity index (χ1) is 8.20. The molecule has 17 heavy (non-hydrogen) atoms. The minimum atomic E-state index is 0.871. The Bertz CT molecular complexity index is 471. The van der Waals surface area contributed by atoms with Gasteiger partial charge in [-0.15, -0.1) is 22.7 Å². The molecule has 0 bridgehead atoms. The van der Waals surface area contributed by atoms with Gasteiger partial charge in [-0.05, 0) is 41.9 Å². The summed E-state index contributed by atoms with van der Waals surface area (Å²) in [6.45, 7) is 6.22. The minimum absolute atomic E-state index is 0.871. The molecule has 2 heterocycles. The third kappa shape index (κ3) is 3.37. The third-order valence-corrected chi connectivity index (χ3v) is 5.55. The lowest BCUT2D eigenvalue weighted by atomic mass is 10.4. The van der Waals surface area contributed by atoms with Gasteiger partial charge in [0.15, 0.2) is 0 Å². The molecule has 0 fully saturated rings. The lowest BCUT2D eigenvalue weighted by molar-refractivity contribution is 0.667. The SMILES string of the molecule is CCCNCc1csc(-c2cc(Br)c(C)s2)n1. The molecule has 2 rings (SSSR count). The van der Waals surface area contributed by atoms with Gasteiger partial charge < -0.3 is 5.32 Å². The van der Waals surface area contributed by atoms with Crippen LogP contribution in [0.5, 0.6) is 0 Å². The summed E-state index contributed by atoms with van der Waals surface area (Å²) in [6, 6.07) is 2.15. The summed E-state index contributed by atoms with van der Waals surface area (Å²) in [5.41, 5.74) is 1.14. The van der Waals surface area contributed by atoms with Crippen molar-refractivity contribution < 1.29 is 0 Å². The number of thiazole rings is 1. The molecule has 2 nitrogen and oxygen atoms in total. The number of rotatable bonds is 5. The zero-order valence-corrected chi connectivity index (χ0v) is 13.1. The van der Waals surface area contributed by atoms with Crippen molar-refractivity contribution in [3.63, 3.8) is 0 Å². The molecule has 2 aromatic heterocycles. The first-order valence-corrected chi connectivity index (χ1v) is 8.11. The lowest BCUT2D eigenvalue weighted by Crippen LogP contribution is -2.13. The molecule has 1 N–H and O–H groups in total. The van der Waals surface area contributed by atoms with Crippen LogP contribution in [-0.2, 0) is 6.54 Å². The molecular weight excluding hydrogens is 316 g/mol. The molecule has 0 spiro atoms. The summed E-state index contributed by atoms with van der Waals surface area (Å²) in [6.07, 6.45) is 1.16. The fourth-order valence-electron chi connectivity index (χ4n) is 1.46. The number of nitrogens with one attached hydrogen (secondary N) is 1. The summed E-state index contributed by atoms with van der Waals surface area (Å²) < 4.78 is 1.18. The van der Waals surface area contributed by atoms with Crippen LogP contribution in [0.25, 0.3) is 9.88 Å². The minimum Gasteiger partial charge on any atom is -0.311 e. The maximum atomic E-state index is 4.65. The van der Waals surface area contributed by atoms with Crippen molar-refractivity contribution >= 4 is 38.6 Å². The predicted molar refractivity (Wildman–Crippen MR) is 79.9 cm³/mol. The Kier molecular flexibility index (Phi) is 4.73. The molecule has 0 unspecified atom stereocenters. The molecule has 0 aliphatic rings. The van der Waals surface area contributed by atoms with Crippen molar-refractivity contribution in [2.45, 2.75) is 26.8 Å². The van der Waals surface area contributed by atoms with E-state index in [9.17, 15) is 0 Å².